The van der Waals surface area contributed by atoms with Gasteiger partial charge in [0.15, 0.2) is 0 Å². The van der Waals surface area contributed by atoms with E-state index in [2.05, 4.69) is 19.2 Å². The van der Waals surface area contributed by atoms with Crippen molar-refractivity contribution >= 4 is 17.5 Å². The van der Waals surface area contributed by atoms with Crippen molar-refractivity contribution in [1.29, 1.82) is 0 Å². The second kappa shape index (κ2) is 9.86. The van der Waals surface area contributed by atoms with Gasteiger partial charge in [-0.25, -0.2) is 4.39 Å². The number of para-hydroxylation sites is 1. The van der Waals surface area contributed by atoms with E-state index >= 15 is 0 Å². The van der Waals surface area contributed by atoms with Gasteiger partial charge in [-0.2, -0.15) is 0 Å². The smallest absolute Gasteiger partial charge is 0.226 e. The molecule has 4 nitrogen and oxygen atoms in total. The molecule has 0 unspecified atom stereocenters. The van der Waals surface area contributed by atoms with Gasteiger partial charge in [0.2, 0.25) is 11.8 Å². The van der Waals surface area contributed by atoms with Crippen molar-refractivity contribution in [2.45, 2.75) is 39.5 Å². The summed E-state index contributed by atoms with van der Waals surface area (Å²) in [6, 6.07) is 14.0. The van der Waals surface area contributed by atoms with Gasteiger partial charge in [0, 0.05) is 32.1 Å². The van der Waals surface area contributed by atoms with Gasteiger partial charge in [0.05, 0.1) is 0 Å². The molecule has 0 aliphatic heterocycles. The minimum atomic E-state index is -0.277. The van der Waals surface area contributed by atoms with Crippen LogP contribution in [0, 0.1) is 5.82 Å². The predicted molar refractivity (Wildman–Crippen MR) is 106 cm³/mol. The second-order valence-electron chi connectivity index (χ2n) is 6.92. The van der Waals surface area contributed by atoms with Crippen molar-refractivity contribution in [3.63, 3.8) is 0 Å². The van der Waals surface area contributed by atoms with Gasteiger partial charge in [-0.15, -0.1) is 0 Å². The summed E-state index contributed by atoms with van der Waals surface area (Å²) in [7, 11) is 0. The third kappa shape index (κ3) is 6.51. The Labute approximate surface area is 160 Å². The minimum absolute atomic E-state index is 0.0764. The summed E-state index contributed by atoms with van der Waals surface area (Å²) in [6.45, 7) is 6.51. The quantitative estimate of drug-likeness (QED) is 0.750. The van der Waals surface area contributed by atoms with E-state index < -0.39 is 0 Å². The molecule has 0 aliphatic rings. The molecule has 2 rings (SSSR count). The number of nitrogens with zero attached hydrogens (tertiary/aromatic N) is 1. The van der Waals surface area contributed by atoms with Crippen LogP contribution in [-0.4, -0.2) is 29.8 Å². The van der Waals surface area contributed by atoms with Crippen molar-refractivity contribution in [3.8, 4) is 0 Å². The highest BCUT2D eigenvalue weighted by molar-refractivity contribution is 5.92. The van der Waals surface area contributed by atoms with Gasteiger partial charge in [-0.05, 0) is 41.7 Å². The average Bonchev–Trinajstić information content (AvgIpc) is 2.63. The Balaban J connectivity index is 1.89. The van der Waals surface area contributed by atoms with Crippen molar-refractivity contribution in [2.75, 3.05) is 18.4 Å². The number of carbonyl (C=O) groups excluding carboxylic acids is 2. The van der Waals surface area contributed by atoms with Gasteiger partial charge in [-0.1, -0.05) is 44.2 Å². The molecule has 0 atom stereocenters. The summed E-state index contributed by atoms with van der Waals surface area (Å²) in [4.78, 5) is 25.9. The number of benzene rings is 2. The number of carbonyl (C=O) groups is 2. The van der Waals surface area contributed by atoms with Gasteiger partial charge in [0.25, 0.3) is 0 Å². The van der Waals surface area contributed by atoms with Gasteiger partial charge >= 0.3 is 0 Å². The van der Waals surface area contributed by atoms with E-state index in [1.54, 1.807) is 17.0 Å². The topological polar surface area (TPSA) is 49.4 Å². The molecule has 0 aromatic heterocycles. The normalized spacial score (nSPS) is 10.7. The molecule has 144 valence electrons. The van der Waals surface area contributed by atoms with E-state index in [9.17, 15) is 14.0 Å². The van der Waals surface area contributed by atoms with Gasteiger partial charge in [0.1, 0.15) is 5.82 Å². The molecule has 0 heterocycles. The lowest BCUT2D eigenvalue weighted by molar-refractivity contribution is -0.129. The highest BCUT2D eigenvalue weighted by atomic mass is 19.1. The number of rotatable bonds is 8. The van der Waals surface area contributed by atoms with Crippen LogP contribution in [0.25, 0.3) is 0 Å². The van der Waals surface area contributed by atoms with Gasteiger partial charge in [-0.3, -0.25) is 9.59 Å². The first-order valence-electron chi connectivity index (χ1n) is 9.25. The fourth-order valence-corrected chi connectivity index (χ4v) is 2.91. The number of hydrogen-bond donors (Lipinski definition) is 1. The molecule has 0 saturated heterocycles. The molecular formula is C22H27FN2O2. The zero-order valence-electron chi connectivity index (χ0n) is 16.2. The fourth-order valence-electron chi connectivity index (χ4n) is 2.91. The number of amides is 2. The maximum atomic E-state index is 13.0. The molecule has 2 aromatic carbocycles. The summed E-state index contributed by atoms with van der Waals surface area (Å²) >= 11 is 0. The molecule has 0 fully saturated rings. The molecule has 0 spiro atoms. The van der Waals surface area contributed by atoms with Crippen molar-refractivity contribution < 1.29 is 14.0 Å². The fraction of sp³-hybridized carbons (Fsp3) is 0.364. The van der Waals surface area contributed by atoms with E-state index in [1.165, 1.54) is 19.1 Å². The largest absolute Gasteiger partial charge is 0.342 e. The second-order valence-corrected chi connectivity index (χ2v) is 6.92. The van der Waals surface area contributed by atoms with Crippen LogP contribution in [-0.2, 0) is 16.0 Å². The third-order valence-corrected chi connectivity index (χ3v) is 4.49. The highest BCUT2D eigenvalue weighted by Crippen LogP contribution is 2.23. The van der Waals surface area contributed by atoms with E-state index in [-0.39, 0.29) is 24.1 Å². The Morgan fingerprint density at radius 3 is 2.33 bits per heavy atom. The van der Waals surface area contributed by atoms with Crippen molar-refractivity contribution in [1.82, 2.24) is 4.90 Å². The summed E-state index contributed by atoms with van der Waals surface area (Å²) < 4.78 is 13.0. The zero-order chi connectivity index (χ0) is 19.8. The third-order valence-electron chi connectivity index (χ3n) is 4.49. The van der Waals surface area contributed by atoms with Crippen molar-refractivity contribution in [2.24, 2.45) is 0 Å². The maximum absolute atomic E-state index is 13.0. The van der Waals surface area contributed by atoms with Crippen LogP contribution in [0.1, 0.15) is 44.2 Å². The number of hydrogen-bond acceptors (Lipinski definition) is 2. The van der Waals surface area contributed by atoms with Crippen molar-refractivity contribution in [3.05, 3.63) is 65.5 Å². The number of nitrogens with one attached hydrogen (secondary N) is 1. The predicted octanol–water partition coefficient (Wildman–Crippen LogP) is 4.37. The lowest BCUT2D eigenvalue weighted by Gasteiger charge is -2.21. The molecule has 27 heavy (non-hydrogen) atoms. The number of anilines is 1. The molecule has 1 N–H and O–H groups in total. The first-order valence-corrected chi connectivity index (χ1v) is 9.25. The molecule has 0 aliphatic carbocycles. The van der Waals surface area contributed by atoms with E-state index in [4.69, 9.17) is 0 Å². The van der Waals surface area contributed by atoms with Gasteiger partial charge < -0.3 is 10.2 Å². The molecular weight excluding hydrogens is 343 g/mol. The highest BCUT2D eigenvalue weighted by Gasteiger charge is 2.13. The van der Waals surface area contributed by atoms with Crippen LogP contribution >= 0.6 is 0 Å². The molecule has 0 saturated carbocycles. The van der Waals surface area contributed by atoms with Crippen LogP contribution < -0.4 is 5.32 Å². The van der Waals surface area contributed by atoms with Crippen LogP contribution in [0.4, 0.5) is 10.1 Å². The molecule has 2 amide bonds. The summed E-state index contributed by atoms with van der Waals surface area (Å²) in [5.74, 6) is -0.157. The molecule has 0 bridgehead atoms. The summed E-state index contributed by atoms with van der Waals surface area (Å²) in [5, 5.41) is 2.95. The Kier molecular flexibility index (Phi) is 7.53. The SMILES string of the molecule is CC(=O)N(CCC(=O)Nc1ccccc1C(C)C)CCc1ccc(F)cc1. The first kappa shape index (κ1) is 20.6. The standard InChI is InChI=1S/C22H27FN2O2/c1-16(2)20-6-4-5-7-21(20)24-22(27)13-15-25(17(3)26)14-12-18-8-10-19(23)11-9-18/h4-11,16H,12-15H2,1-3H3,(H,24,27). The lowest BCUT2D eigenvalue weighted by atomic mass is 10.0. The summed E-state index contributed by atoms with van der Waals surface area (Å²) in [5.41, 5.74) is 2.86. The van der Waals surface area contributed by atoms with Crippen LogP contribution in [0.3, 0.4) is 0 Å². The molecule has 5 heteroatoms. The number of halogens is 1. The first-order chi connectivity index (χ1) is 12.9. The zero-order valence-corrected chi connectivity index (χ0v) is 16.2. The molecule has 0 radical (unpaired) electrons. The Bertz CT molecular complexity index is 772. The van der Waals surface area contributed by atoms with E-state index in [1.807, 2.05) is 24.3 Å². The van der Waals surface area contributed by atoms with Crippen LogP contribution in [0.5, 0.6) is 0 Å². The van der Waals surface area contributed by atoms with Crippen LogP contribution in [0.15, 0.2) is 48.5 Å². The average molecular weight is 370 g/mol. The Morgan fingerprint density at radius 2 is 1.70 bits per heavy atom. The molecule has 2 aromatic rings. The lowest BCUT2D eigenvalue weighted by Crippen LogP contribution is -2.33. The Morgan fingerprint density at radius 1 is 1.04 bits per heavy atom. The summed E-state index contributed by atoms with van der Waals surface area (Å²) in [6.07, 6.45) is 0.854. The van der Waals surface area contributed by atoms with E-state index in [0.29, 0.717) is 25.4 Å². The monoisotopic (exact) mass is 370 g/mol. The minimum Gasteiger partial charge on any atom is -0.342 e. The maximum Gasteiger partial charge on any atom is 0.226 e. The van der Waals surface area contributed by atoms with E-state index in [0.717, 1.165) is 16.8 Å². The van der Waals surface area contributed by atoms with Crippen LogP contribution in [0.2, 0.25) is 0 Å². The Hall–Kier alpha value is -2.69.